The third kappa shape index (κ3) is 5.27. The molecular formula is C11H26N2. The molecule has 0 fully saturated rings. The van der Waals surface area contributed by atoms with Crippen molar-refractivity contribution in [2.24, 2.45) is 0 Å². The summed E-state index contributed by atoms with van der Waals surface area (Å²) in [6.07, 6.45) is 0. The second-order valence-electron chi connectivity index (χ2n) is 4.30. The molecule has 0 bridgehead atoms. The summed E-state index contributed by atoms with van der Waals surface area (Å²) in [6.45, 7) is 14.8. The van der Waals surface area contributed by atoms with Gasteiger partial charge in [0, 0.05) is 25.2 Å². The number of likely N-dealkylation sites (N-methyl/N-ethyl adjacent to an activating group) is 2. The molecule has 80 valence electrons. The van der Waals surface area contributed by atoms with Gasteiger partial charge in [0.2, 0.25) is 0 Å². The number of hydrogen-bond acceptors (Lipinski definition) is 2. The maximum absolute atomic E-state index is 2.50. The van der Waals surface area contributed by atoms with Crippen LogP contribution in [0.25, 0.3) is 0 Å². The molecule has 0 aromatic rings. The Hall–Kier alpha value is -0.0800. The summed E-state index contributed by atoms with van der Waals surface area (Å²) >= 11 is 0. The van der Waals surface area contributed by atoms with Crippen molar-refractivity contribution >= 4 is 0 Å². The average molecular weight is 186 g/mol. The molecule has 0 aliphatic heterocycles. The molecule has 0 saturated heterocycles. The van der Waals surface area contributed by atoms with Gasteiger partial charge in [-0.2, -0.15) is 0 Å². The molecule has 0 heterocycles. The van der Waals surface area contributed by atoms with Crippen molar-refractivity contribution in [1.82, 2.24) is 9.80 Å². The summed E-state index contributed by atoms with van der Waals surface area (Å²) in [6, 6.07) is 1.33. The van der Waals surface area contributed by atoms with Crippen molar-refractivity contribution in [3.8, 4) is 0 Å². The van der Waals surface area contributed by atoms with E-state index in [1.807, 2.05) is 0 Å². The lowest BCUT2D eigenvalue weighted by molar-refractivity contribution is 0.181. The van der Waals surface area contributed by atoms with E-state index in [0.717, 1.165) is 6.54 Å². The van der Waals surface area contributed by atoms with Gasteiger partial charge in [0.1, 0.15) is 0 Å². The van der Waals surface area contributed by atoms with Gasteiger partial charge in [-0.05, 0) is 41.3 Å². The van der Waals surface area contributed by atoms with Gasteiger partial charge in [0.15, 0.2) is 0 Å². The lowest BCUT2D eigenvalue weighted by Gasteiger charge is -2.29. The zero-order chi connectivity index (χ0) is 10.4. The molecule has 0 spiro atoms. The van der Waals surface area contributed by atoms with Crippen LogP contribution in [0.2, 0.25) is 0 Å². The molecule has 0 amide bonds. The standard InChI is InChI=1S/C11H26N2/c1-7-13(11(4)5)9-8-12(6)10(2)3/h10-11H,7-9H2,1-6H3. The molecule has 0 aromatic carbocycles. The third-order valence-electron chi connectivity index (χ3n) is 2.76. The van der Waals surface area contributed by atoms with E-state index in [1.54, 1.807) is 0 Å². The molecule has 2 nitrogen and oxygen atoms in total. The van der Waals surface area contributed by atoms with Gasteiger partial charge in [-0.15, -0.1) is 0 Å². The largest absolute Gasteiger partial charge is 0.303 e. The number of nitrogens with zero attached hydrogens (tertiary/aromatic N) is 2. The van der Waals surface area contributed by atoms with Crippen LogP contribution in [0.4, 0.5) is 0 Å². The second kappa shape index (κ2) is 6.39. The fraction of sp³-hybridized carbons (Fsp3) is 1.00. The van der Waals surface area contributed by atoms with Crippen LogP contribution in [0.3, 0.4) is 0 Å². The summed E-state index contributed by atoms with van der Waals surface area (Å²) in [5.74, 6) is 0. The van der Waals surface area contributed by atoms with Crippen molar-refractivity contribution in [2.45, 2.75) is 46.7 Å². The molecule has 0 unspecified atom stereocenters. The Morgan fingerprint density at radius 1 is 0.923 bits per heavy atom. The van der Waals surface area contributed by atoms with Crippen LogP contribution < -0.4 is 0 Å². The molecule has 0 aliphatic rings. The van der Waals surface area contributed by atoms with E-state index in [1.165, 1.54) is 13.1 Å². The molecule has 0 atom stereocenters. The first-order valence-electron chi connectivity index (χ1n) is 5.43. The third-order valence-corrected chi connectivity index (χ3v) is 2.76. The molecule has 0 rings (SSSR count). The van der Waals surface area contributed by atoms with Gasteiger partial charge in [-0.3, -0.25) is 4.90 Å². The van der Waals surface area contributed by atoms with Gasteiger partial charge in [-0.25, -0.2) is 0 Å². The summed E-state index contributed by atoms with van der Waals surface area (Å²) in [4.78, 5) is 4.89. The van der Waals surface area contributed by atoms with Gasteiger partial charge in [0.05, 0.1) is 0 Å². The van der Waals surface area contributed by atoms with Crippen molar-refractivity contribution < 1.29 is 0 Å². The topological polar surface area (TPSA) is 6.48 Å². The van der Waals surface area contributed by atoms with E-state index in [-0.39, 0.29) is 0 Å². The highest BCUT2D eigenvalue weighted by atomic mass is 15.2. The minimum absolute atomic E-state index is 0.658. The van der Waals surface area contributed by atoms with E-state index in [9.17, 15) is 0 Å². The molecule has 0 radical (unpaired) electrons. The summed E-state index contributed by atoms with van der Waals surface area (Å²) in [7, 11) is 2.19. The second-order valence-corrected chi connectivity index (χ2v) is 4.30. The molecule has 13 heavy (non-hydrogen) atoms. The van der Waals surface area contributed by atoms with Crippen LogP contribution in [0.15, 0.2) is 0 Å². The predicted molar refractivity (Wildman–Crippen MR) is 60.1 cm³/mol. The van der Waals surface area contributed by atoms with Crippen LogP contribution in [0.1, 0.15) is 34.6 Å². The highest BCUT2D eigenvalue weighted by Gasteiger charge is 2.09. The zero-order valence-electron chi connectivity index (χ0n) is 10.2. The first kappa shape index (κ1) is 12.9. The normalized spacial score (nSPS) is 12.5. The molecular weight excluding hydrogens is 160 g/mol. The van der Waals surface area contributed by atoms with Crippen LogP contribution in [-0.4, -0.2) is 48.6 Å². The number of rotatable bonds is 6. The van der Waals surface area contributed by atoms with Crippen LogP contribution in [0.5, 0.6) is 0 Å². The fourth-order valence-electron chi connectivity index (χ4n) is 1.33. The highest BCUT2D eigenvalue weighted by Crippen LogP contribution is 1.99. The quantitative estimate of drug-likeness (QED) is 0.626. The lowest BCUT2D eigenvalue weighted by Crippen LogP contribution is -2.39. The number of hydrogen-bond donors (Lipinski definition) is 0. The lowest BCUT2D eigenvalue weighted by atomic mass is 10.3. The van der Waals surface area contributed by atoms with E-state index in [2.05, 4.69) is 51.5 Å². The van der Waals surface area contributed by atoms with Crippen molar-refractivity contribution in [1.29, 1.82) is 0 Å². The fourth-order valence-corrected chi connectivity index (χ4v) is 1.33. The van der Waals surface area contributed by atoms with Gasteiger partial charge in [0.25, 0.3) is 0 Å². The van der Waals surface area contributed by atoms with Gasteiger partial charge in [-0.1, -0.05) is 6.92 Å². The smallest absolute Gasteiger partial charge is 0.0112 e. The summed E-state index contributed by atoms with van der Waals surface area (Å²) in [5, 5.41) is 0. The van der Waals surface area contributed by atoms with E-state index in [0.29, 0.717) is 12.1 Å². The van der Waals surface area contributed by atoms with Gasteiger partial charge >= 0.3 is 0 Å². The Balaban J connectivity index is 3.72. The predicted octanol–water partition coefficient (Wildman–Crippen LogP) is 2.06. The highest BCUT2D eigenvalue weighted by molar-refractivity contribution is 4.64. The Kier molecular flexibility index (Phi) is 6.35. The van der Waals surface area contributed by atoms with E-state index < -0.39 is 0 Å². The SMILES string of the molecule is CCN(CCN(C)C(C)C)C(C)C. The zero-order valence-corrected chi connectivity index (χ0v) is 10.2. The molecule has 0 saturated carbocycles. The molecule has 2 heteroatoms. The van der Waals surface area contributed by atoms with Crippen molar-refractivity contribution in [3.63, 3.8) is 0 Å². The Morgan fingerprint density at radius 3 is 1.77 bits per heavy atom. The first-order chi connectivity index (χ1) is 5.99. The monoisotopic (exact) mass is 186 g/mol. The first-order valence-corrected chi connectivity index (χ1v) is 5.43. The molecule has 0 N–H and O–H groups in total. The van der Waals surface area contributed by atoms with Gasteiger partial charge < -0.3 is 4.90 Å². The van der Waals surface area contributed by atoms with Crippen LogP contribution in [-0.2, 0) is 0 Å². The van der Waals surface area contributed by atoms with Crippen molar-refractivity contribution in [3.05, 3.63) is 0 Å². The van der Waals surface area contributed by atoms with Crippen LogP contribution >= 0.6 is 0 Å². The van der Waals surface area contributed by atoms with Crippen LogP contribution in [0, 0.1) is 0 Å². The minimum atomic E-state index is 0.658. The molecule has 0 aliphatic carbocycles. The van der Waals surface area contributed by atoms with E-state index >= 15 is 0 Å². The maximum atomic E-state index is 2.50. The Labute approximate surface area is 83.9 Å². The van der Waals surface area contributed by atoms with E-state index in [4.69, 9.17) is 0 Å². The Bertz CT molecular complexity index is 121. The van der Waals surface area contributed by atoms with Crippen molar-refractivity contribution in [2.75, 3.05) is 26.7 Å². The maximum Gasteiger partial charge on any atom is 0.0112 e. The Morgan fingerprint density at radius 2 is 1.46 bits per heavy atom. The summed E-state index contributed by atoms with van der Waals surface area (Å²) in [5.41, 5.74) is 0. The average Bonchev–Trinajstić information content (AvgIpc) is 2.04. The minimum Gasteiger partial charge on any atom is -0.303 e. The molecule has 0 aromatic heterocycles. The summed E-state index contributed by atoms with van der Waals surface area (Å²) < 4.78 is 0.